The van der Waals surface area contributed by atoms with Crippen LogP contribution in [0.25, 0.3) is 0 Å². The van der Waals surface area contributed by atoms with Crippen LogP contribution in [0, 0.1) is 12.8 Å². The molecule has 39 heavy (non-hydrogen) atoms. The molecule has 0 saturated carbocycles. The summed E-state index contributed by atoms with van der Waals surface area (Å²) in [5, 5.41) is 6.88. The van der Waals surface area contributed by atoms with Crippen molar-refractivity contribution in [1.29, 1.82) is 0 Å². The Labute approximate surface area is 229 Å². The zero-order valence-electron chi connectivity index (χ0n) is 22.9. The number of pyridine rings is 1. The Morgan fingerprint density at radius 3 is 2.74 bits per heavy atom. The van der Waals surface area contributed by atoms with Gasteiger partial charge in [0.2, 0.25) is 11.8 Å². The van der Waals surface area contributed by atoms with Gasteiger partial charge in [-0.25, -0.2) is 15.0 Å². The van der Waals surface area contributed by atoms with Crippen LogP contribution in [0.1, 0.15) is 29.7 Å². The van der Waals surface area contributed by atoms with Crippen molar-refractivity contribution in [2.45, 2.75) is 39.0 Å². The summed E-state index contributed by atoms with van der Waals surface area (Å²) in [6.07, 6.45) is 6.73. The number of nitrogens with one attached hydrogen (secondary N) is 2. The summed E-state index contributed by atoms with van der Waals surface area (Å²) in [5.41, 5.74) is 7.70. The monoisotopic (exact) mass is 531 g/mol. The van der Waals surface area contributed by atoms with Crippen LogP contribution in [0.4, 0.5) is 28.7 Å². The number of benzene rings is 1. The maximum atomic E-state index is 5.71. The summed E-state index contributed by atoms with van der Waals surface area (Å²) in [6, 6.07) is 8.49. The number of methoxy groups -OCH3 is 2. The Morgan fingerprint density at radius 2 is 1.92 bits per heavy atom. The fourth-order valence-electron chi connectivity index (χ4n) is 5.92. The molecule has 5 heterocycles. The van der Waals surface area contributed by atoms with Gasteiger partial charge in [-0.3, -0.25) is 0 Å². The average Bonchev–Trinajstić information content (AvgIpc) is 2.98. The van der Waals surface area contributed by atoms with Crippen LogP contribution in [0.2, 0.25) is 0 Å². The molecule has 0 bridgehead atoms. The molecule has 2 N–H and O–H groups in total. The van der Waals surface area contributed by atoms with Crippen molar-refractivity contribution >= 4 is 28.7 Å². The minimum Gasteiger partial charge on any atom is -0.474 e. The van der Waals surface area contributed by atoms with E-state index in [0.29, 0.717) is 30.9 Å². The smallest absolute Gasteiger partial charge is 0.237 e. The van der Waals surface area contributed by atoms with E-state index in [-0.39, 0.29) is 6.29 Å². The Kier molecular flexibility index (Phi) is 7.38. The molecule has 1 aromatic carbocycles. The topological polar surface area (TPSA) is 96.9 Å². The van der Waals surface area contributed by atoms with Crippen LogP contribution in [-0.2, 0) is 22.4 Å². The lowest BCUT2D eigenvalue weighted by molar-refractivity contribution is -0.141. The van der Waals surface area contributed by atoms with E-state index in [0.717, 1.165) is 73.8 Å². The van der Waals surface area contributed by atoms with Gasteiger partial charge in [-0.1, -0.05) is 6.07 Å². The van der Waals surface area contributed by atoms with E-state index in [4.69, 9.17) is 19.2 Å². The summed E-state index contributed by atoms with van der Waals surface area (Å²) in [5.74, 6) is 1.73. The molecule has 0 amide bonds. The predicted octanol–water partition coefficient (Wildman–Crippen LogP) is 4.13. The van der Waals surface area contributed by atoms with Gasteiger partial charge in [0.05, 0.1) is 24.1 Å². The summed E-state index contributed by atoms with van der Waals surface area (Å²) < 4.78 is 16.7. The van der Waals surface area contributed by atoms with Crippen molar-refractivity contribution in [3.8, 4) is 5.88 Å². The molecule has 0 atom stereocenters. The fraction of sp³-hybridized carbons (Fsp3) is 0.483. The van der Waals surface area contributed by atoms with E-state index < -0.39 is 0 Å². The fourth-order valence-corrected chi connectivity index (χ4v) is 5.92. The second-order valence-corrected chi connectivity index (χ2v) is 10.4. The molecular formula is C29H37N7O3. The minimum atomic E-state index is -0.129. The van der Waals surface area contributed by atoms with Crippen molar-refractivity contribution in [2.75, 3.05) is 67.4 Å². The average molecular weight is 532 g/mol. The van der Waals surface area contributed by atoms with Crippen LogP contribution in [0.5, 0.6) is 5.88 Å². The highest BCUT2D eigenvalue weighted by molar-refractivity contribution is 5.70. The molecule has 1 fully saturated rings. The van der Waals surface area contributed by atoms with Gasteiger partial charge in [-0.2, -0.15) is 0 Å². The van der Waals surface area contributed by atoms with Crippen LogP contribution in [0.3, 0.4) is 0 Å². The van der Waals surface area contributed by atoms with Gasteiger partial charge in [0, 0.05) is 69.5 Å². The molecule has 3 aliphatic heterocycles. The summed E-state index contributed by atoms with van der Waals surface area (Å²) in [7, 11) is 3.43. The van der Waals surface area contributed by atoms with Crippen molar-refractivity contribution in [2.24, 2.45) is 5.92 Å². The van der Waals surface area contributed by atoms with E-state index >= 15 is 0 Å². The molecule has 0 radical (unpaired) electrons. The number of anilines is 5. The van der Waals surface area contributed by atoms with Crippen LogP contribution < -0.4 is 25.2 Å². The van der Waals surface area contributed by atoms with Gasteiger partial charge < -0.3 is 34.6 Å². The Morgan fingerprint density at radius 1 is 1.08 bits per heavy atom. The first-order valence-electron chi connectivity index (χ1n) is 13.8. The van der Waals surface area contributed by atoms with Gasteiger partial charge in [-0.05, 0) is 49.9 Å². The number of hydrogen-bond donors (Lipinski definition) is 2. The highest BCUT2D eigenvalue weighted by Crippen LogP contribution is 2.36. The molecule has 1 saturated heterocycles. The molecular weight excluding hydrogens is 494 g/mol. The largest absolute Gasteiger partial charge is 0.474 e. The number of piperidine rings is 1. The molecule has 2 aromatic heterocycles. The lowest BCUT2D eigenvalue weighted by Gasteiger charge is -2.36. The maximum Gasteiger partial charge on any atom is 0.237 e. The van der Waals surface area contributed by atoms with Crippen LogP contribution in [-0.4, -0.2) is 68.2 Å². The zero-order chi connectivity index (χ0) is 26.8. The number of aromatic nitrogens is 3. The third kappa shape index (κ3) is 5.31. The van der Waals surface area contributed by atoms with Gasteiger partial charge >= 0.3 is 0 Å². The van der Waals surface area contributed by atoms with Gasteiger partial charge in [0.15, 0.2) is 6.29 Å². The van der Waals surface area contributed by atoms with E-state index in [9.17, 15) is 0 Å². The molecule has 0 aliphatic carbocycles. The second-order valence-electron chi connectivity index (χ2n) is 10.4. The van der Waals surface area contributed by atoms with E-state index in [2.05, 4.69) is 61.6 Å². The normalized spacial score (nSPS) is 17.3. The first-order valence-corrected chi connectivity index (χ1v) is 13.8. The third-order valence-corrected chi connectivity index (χ3v) is 8.06. The molecule has 10 nitrogen and oxygen atoms in total. The maximum absolute atomic E-state index is 5.71. The number of nitrogens with zero attached hydrogens (tertiary/aromatic N) is 5. The SMILES string of the molecule is COC(OC)C1CCN(c2cccc(Nc3ncc4c(n3)CN(c3cnc5c(c3C)NCCO5)CC4)c2)CC1. The molecule has 3 aliphatic rings. The minimum absolute atomic E-state index is 0.129. The quantitative estimate of drug-likeness (QED) is 0.433. The molecule has 206 valence electrons. The summed E-state index contributed by atoms with van der Waals surface area (Å²) in [6.45, 7) is 7.14. The molecule has 10 heteroatoms. The number of fused-ring (bicyclic) bond motifs is 2. The van der Waals surface area contributed by atoms with E-state index in [1.807, 2.05) is 12.4 Å². The van der Waals surface area contributed by atoms with Crippen molar-refractivity contribution in [1.82, 2.24) is 15.0 Å². The Bertz CT molecular complexity index is 1310. The highest BCUT2D eigenvalue weighted by atomic mass is 16.7. The van der Waals surface area contributed by atoms with Crippen LogP contribution >= 0.6 is 0 Å². The third-order valence-electron chi connectivity index (χ3n) is 8.06. The Balaban J connectivity index is 1.14. The van der Waals surface area contributed by atoms with E-state index in [1.54, 1.807) is 14.2 Å². The van der Waals surface area contributed by atoms with Gasteiger partial charge in [0.1, 0.15) is 12.3 Å². The lowest BCUT2D eigenvalue weighted by atomic mass is 9.95. The van der Waals surface area contributed by atoms with Crippen molar-refractivity contribution in [3.05, 3.63) is 53.5 Å². The number of rotatable bonds is 7. The molecule has 6 rings (SSSR count). The van der Waals surface area contributed by atoms with Crippen molar-refractivity contribution < 1.29 is 14.2 Å². The number of ether oxygens (including phenoxy) is 3. The standard InChI is InChI=1S/C29H37N7O3/c1-19-25(17-31-27-26(19)30-10-14-39-27)36-13-9-21-16-32-29(34-24(21)18-36)33-22-5-4-6-23(15-22)35-11-7-20(8-12-35)28(37-2)38-3/h4-6,15-17,20,28,30H,7-14,18H2,1-3H3,(H,32,33,34). The zero-order valence-corrected chi connectivity index (χ0v) is 22.9. The lowest BCUT2D eigenvalue weighted by Crippen LogP contribution is -2.39. The first-order chi connectivity index (χ1) is 19.1. The first kappa shape index (κ1) is 25.6. The van der Waals surface area contributed by atoms with Gasteiger partial charge in [-0.15, -0.1) is 0 Å². The van der Waals surface area contributed by atoms with E-state index in [1.165, 1.54) is 11.3 Å². The molecule has 3 aromatic rings. The molecule has 0 spiro atoms. The molecule has 0 unspecified atom stereocenters. The van der Waals surface area contributed by atoms with Crippen molar-refractivity contribution in [3.63, 3.8) is 0 Å². The second kappa shape index (κ2) is 11.2. The van der Waals surface area contributed by atoms with Gasteiger partial charge in [0.25, 0.3) is 0 Å². The predicted molar refractivity (Wildman–Crippen MR) is 152 cm³/mol. The number of hydrogen-bond acceptors (Lipinski definition) is 10. The Hall–Kier alpha value is -3.63. The van der Waals surface area contributed by atoms with Crippen LogP contribution in [0.15, 0.2) is 36.7 Å². The highest BCUT2D eigenvalue weighted by Gasteiger charge is 2.27. The summed E-state index contributed by atoms with van der Waals surface area (Å²) in [4.78, 5) is 18.9. The summed E-state index contributed by atoms with van der Waals surface area (Å²) >= 11 is 0.